The zero-order valence-electron chi connectivity index (χ0n) is 11.4. The van der Waals surface area contributed by atoms with Gasteiger partial charge in [-0.25, -0.2) is 0 Å². The molecule has 2 rings (SSSR count). The van der Waals surface area contributed by atoms with Crippen molar-refractivity contribution >= 4 is 5.91 Å². The molecule has 0 spiro atoms. The Bertz CT molecular complexity index is 333. The predicted molar refractivity (Wildman–Crippen MR) is 67.0 cm³/mol. The minimum Gasteiger partial charge on any atom is -0.393 e. The van der Waals surface area contributed by atoms with Gasteiger partial charge in [0, 0.05) is 32.1 Å². The van der Waals surface area contributed by atoms with Crippen molar-refractivity contribution in [1.82, 2.24) is 9.80 Å². The van der Waals surface area contributed by atoms with Crippen LogP contribution in [0.5, 0.6) is 0 Å². The highest BCUT2D eigenvalue weighted by atomic mass is 19.4. The van der Waals surface area contributed by atoms with Crippen molar-refractivity contribution in [2.75, 3.05) is 32.7 Å². The van der Waals surface area contributed by atoms with Gasteiger partial charge in [0.25, 0.3) is 0 Å². The topological polar surface area (TPSA) is 43.8 Å². The maximum absolute atomic E-state index is 12.3. The summed E-state index contributed by atoms with van der Waals surface area (Å²) in [7, 11) is 0. The molecule has 20 heavy (non-hydrogen) atoms. The number of amides is 1. The molecular weight excluding hydrogens is 273 g/mol. The molecular formula is C13H21F3N2O2. The van der Waals surface area contributed by atoms with E-state index in [2.05, 4.69) is 0 Å². The zero-order chi connectivity index (χ0) is 14.8. The summed E-state index contributed by atoms with van der Waals surface area (Å²) in [6.45, 7) is 0.397. The Kier molecular flexibility index (Phi) is 4.90. The molecule has 0 radical (unpaired) electrons. The minimum atomic E-state index is -4.17. The van der Waals surface area contributed by atoms with Gasteiger partial charge in [0.05, 0.1) is 12.6 Å². The molecule has 0 aromatic rings. The van der Waals surface area contributed by atoms with E-state index in [-0.39, 0.29) is 31.0 Å². The standard InChI is InChI=1S/C13H21F3N2O2/c14-13(15,16)9-17-5-7-18(8-6-17)12(20)10-1-3-11(19)4-2-10/h10-11,19H,1-9H2. The summed E-state index contributed by atoms with van der Waals surface area (Å²) in [5, 5.41) is 9.42. The van der Waals surface area contributed by atoms with Crippen LogP contribution >= 0.6 is 0 Å². The number of nitrogens with zero attached hydrogens (tertiary/aromatic N) is 2. The van der Waals surface area contributed by atoms with Crippen LogP contribution in [0.2, 0.25) is 0 Å². The molecule has 1 aliphatic carbocycles. The van der Waals surface area contributed by atoms with Crippen molar-refractivity contribution < 1.29 is 23.1 Å². The third kappa shape index (κ3) is 4.34. The van der Waals surface area contributed by atoms with Gasteiger partial charge in [-0.15, -0.1) is 0 Å². The van der Waals surface area contributed by atoms with Crippen molar-refractivity contribution in [2.45, 2.75) is 38.0 Å². The summed E-state index contributed by atoms with van der Waals surface area (Å²) in [6.07, 6.45) is -1.82. The lowest BCUT2D eigenvalue weighted by atomic mass is 9.86. The van der Waals surface area contributed by atoms with E-state index in [1.165, 1.54) is 4.90 Å². The Hall–Kier alpha value is -0.820. The van der Waals surface area contributed by atoms with E-state index in [0.717, 1.165) is 0 Å². The quantitative estimate of drug-likeness (QED) is 0.833. The maximum Gasteiger partial charge on any atom is 0.401 e. The van der Waals surface area contributed by atoms with Gasteiger partial charge in [-0.3, -0.25) is 9.69 Å². The highest BCUT2D eigenvalue weighted by Gasteiger charge is 2.34. The highest BCUT2D eigenvalue weighted by molar-refractivity contribution is 5.79. The van der Waals surface area contributed by atoms with Gasteiger partial charge in [-0.05, 0) is 25.7 Å². The summed E-state index contributed by atoms with van der Waals surface area (Å²) in [5.74, 6) is -0.0175. The van der Waals surface area contributed by atoms with Crippen molar-refractivity contribution in [2.24, 2.45) is 5.92 Å². The van der Waals surface area contributed by atoms with Crippen LogP contribution in [0, 0.1) is 5.92 Å². The second-order valence-electron chi connectivity index (χ2n) is 5.72. The van der Waals surface area contributed by atoms with Gasteiger partial charge in [-0.2, -0.15) is 13.2 Å². The van der Waals surface area contributed by atoms with E-state index in [1.807, 2.05) is 0 Å². The monoisotopic (exact) mass is 294 g/mol. The van der Waals surface area contributed by atoms with Gasteiger partial charge in [-0.1, -0.05) is 0 Å². The maximum atomic E-state index is 12.3. The summed E-state index contributed by atoms with van der Waals surface area (Å²) in [5.41, 5.74) is 0. The Labute approximate surface area is 116 Å². The van der Waals surface area contributed by atoms with Gasteiger partial charge < -0.3 is 10.0 Å². The van der Waals surface area contributed by atoms with Gasteiger partial charge >= 0.3 is 6.18 Å². The molecule has 2 aliphatic rings. The number of hydrogen-bond acceptors (Lipinski definition) is 3. The lowest BCUT2D eigenvalue weighted by Crippen LogP contribution is -2.52. The van der Waals surface area contributed by atoms with Crippen molar-refractivity contribution in [3.05, 3.63) is 0 Å². The van der Waals surface area contributed by atoms with Crippen LogP contribution < -0.4 is 0 Å². The summed E-state index contributed by atoms with van der Waals surface area (Å²) in [6, 6.07) is 0. The van der Waals surface area contributed by atoms with Crippen LogP contribution in [0.15, 0.2) is 0 Å². The van der Waals surface area contributed by atoms with E-state index >= 15 is 0 Å². The molecule has 0 bridgehead atoms. The molecule has 1 heterocycles. The summed E-state index contributed by atoms with van der Waals surface area (Å²) < 4.78 is 36.8. The molecule has 1 amide bonds. The van der Waals surface area contributed by atoms with Gasteiger partial charge in [0.15, 0.2) is 0 Å². The average molecular weight is 294 g/mol. The first-order chi connectivity index (χ1) is 9.35. The largest absolute Gasteiger partial charge is 0.401 e. The highest BCUT2D eigenvalue weighted by Crippen LogP contribution is 2.26. The Balaban J connectivity index is 1.77. The number of halogens is 3. The van der Waals surface area contributed by atoms with Gasteiger partial charge in [0.2, 0.25) is 5.91 Å². The first-order valence-electron chi connectivity index (χ1n) is 7.11. The number of piperazine rings is 1. The van der Waals surface area contributed by atoms with E-state index in [4.69, 9.17) is 0 Å². The fraction of sp³-hybridized carbons (Fsp3) is 0.923. The SMILES string of the molecule is O=C(C1CCC(O)CC1)N1CCN(CC(F)(F)F)CC1. The minimum absolute atomic E-state index is 0.0450. The number of alkyl halides is 3. The first kappa shape index (κ1) is 15.6. The molecule has 0 unspecified atom stereocenters. The van der Waals surface area contributed by atoms with Crippen LogP contribution in [0.1, 0.15) is 25.7 Å². The van der Waals surface area contributed by atoms with Crippen LogP contribution in [-0.4, -0.2) is 65.8 Å². The van der Waals surface area contributed by atoms with Crippen LogP contribution in [0.3, 0.4) is 0 Å². The fourth-order valence-corrected chi connectivity index (χ4v) is 2.96. The predicted octanol–water partition coefficient (Wildman–Crippen LogP) is 1.24. The smallest absolute Gasteiger partial charge is 0.393 e. The lowest BCUT2D eigenvalue weighted by Gasteiger charge is -2.37. The average Bonchev–Trinajstić information content (AvgIpc) is 2.38. The molecule has 1 N–H and O–H groups in total. The number of aliphatic hydroxyl groups is 1. The zero-order valence-corrected chi connectivity index (χ0v) is 11.4. The summed E-state index contributed by atoms with van der Waals surface area (Å²) in [4.78, 5) is 15.3. The van der Waals surface area contributed by atoms with E-state index in [1.54, 1.807) is 4.90 Å². The summed E-state index contributed by atoms with van der Waals surface area (Å²) >= 11 is 0. The van der Waals surface area contributed by atoms with Crippen molar-refractivity contribution in [3.63, 3.8) is 0 Å². The number of carbonyl (C=O) groups is 1. The molecule has 0 aromatic heterocycles. The van der Waals surface area contributed by atoms with Crippen LogP contribution in [0.25, 0.3) is 0 Å². The van der Waals surface area contributed by atoms with Gasteiger partial charge in [0.1, 0.15) is 0 Å². The van der Waals surface area contributed by atoms with Crippen LogP contribution in [-0.2, 0) is 4.79 Å². The Morgan fingerprint density at radius 2 is 1.60 bits per heavy atom. The molecule has 0 atom stereocenters. The molecule has 0 aromatic carbocycles. The fourth-order valence-electron chi connectivity index (χ4n) is 2.96. The van der Waals surface area contributed by atoms with E-state index < -0.39 is 12.7 Å². The first-order valence-corrected chi connectivity index (χ1v) is 7.11. The molecule has 1 saturated carbocycles. The number of rotatable bonds is 2. The lowest BCUT2D eigenvalue weighted by molar-refractivity contribution is -0.153. The molecule has 4 nitrogen and oxygen atoms in total. The second kappa shape index (κ2) is 6.30. The van der Waals surface area contributed by atoms with E-state index in [9.17, 15) is 23.1 Å². The molecule has 2 fully saturated rings. The number of aliphatic hydroxyl groups excluding tert-OH is 1. The molecule has 1 aliphatic heterocycles. The number of hydrogen-bond donors (Lipinski definition) is 1. The normalized spacial score (nSPS) is 29.5. The second-order valence-corrected chi connectivity index (χ2v) is 5.72. The Morgan fingerprint density at radius 1 is 1.05 bits per heavy atom. The third-order valence-corrected chi connectivity index (χ3v) is 4.13. The van der Waals surface area contributed by atoms with Crippen molar-refractivity contribution in [1.29, 1.82) is 0 Å². The van der Waals surface area contributed by atoms with Crippen molar-refractivity contribution in [3.8, 4) is 0 Å². The van der Waals surface area contributed by atoms with E-state index in [0.29, 0.717) is 38.8 Å². The molecule has 1 saturated heterocycles. The molecule has 116 valence electrons. The van der Waals surface area contributed by atoms with Crippen LogP contribution in [0.4, 0.5) is 13.2 Å². The Morgan fingerprint density at radius 3 is 2.10 bits per heavy atom. The third-order valence-electron chi connectivity index (χ3n) is 4.13. The molecule has 7 heteroatoms. The number of carbonyl (C=O) groups excluding carboxylic acids is 1.